The molecule has 0 aliphatic heterocycles. The molecule has 1 heterocycles. The first-order valence-electron chi connectivity index (χ1n) is 5.57. The minimum Gasteiger partial charge on any atom is -0.370 e. The molecule has 0 saturated heterocycles. The van der Waals surface area contributed by atoms with Gasteiger partial charge in [0, 0.05) is 17.1 Å². The van der Waals surface area contributed by atoms with Crippen LogP contribution in [0.3, 0.4) is 0 Å². The summed E-state index contributed by atoms with van der Waals surface area (Å²) in [5, 5.41) is 0.980. The van der Waals surface area contributed by atoms with Gasteiger partial charge in [-0.25, -0.2) is 4.98 Å². The number of rotatable bonds is 5. The molecule has 2 aromatic rings. The Balaban J connectivity index is 1.82. The van der Waals surface area contributed by atoms with Crippen molar-refractivity contribution in [2.75, 3.05) is 0 Å². The van der Waals surface area contributed by atoms with E-state index in [1.165, 1.54) is 5.56 Å². The second kappa shape index (κ2) is 5.91. The molecule has 0 radical (unpaired) electrons. The van der Waals surface area contributed by atoms with Gasteiger partial charge in [0.1, 0.15) is 5.01 Å². The lowest BCUT2D eigenvalue weighted by Crippen LogP contribution is -2.01. The average Bonchev–Trinajstić information content (AvgIpc) is 2.79. The van der Waals surface area contributed by atoms with Gasteiger partial charge in [0.15, 0.2) is 0 Å². The summed E-state index contributed by atoms with van der Waals surface area (Å²) in [7, 11) is 0. The zero-order valence-corrected chi connectivity index (χ0v) is 10.6. The zero-order chi connectivity index (χ0) is 12.1. The molecule has 2 rings (SSSR count). The maximum atomic E-state index is 5.78. The summed E-state index contributed by atoms with van der Waals surface area (Å²) in [4.78, 5) is 5.38. The number of nitrogens with two attached hydrogens (primary N) is 1. The van der Waals surface area contributed by atoms with E-state index in [1.807, 2.05) is 31.3 Å². The maximum Gasteiger partial charge on any atom is 0.119 e. The Morgan fingerprint density at radius 3 is 2.71 bits per heavy atom. The van der Waals surface area contributed by atoms with Crippen LogP contribution in [-0.2, 0) is 18.0 Å². The number of ether oxygens (including phenoxy) is 1. The van der Waals surface area contributed by atoms with E-state index in [0.29, 0.717) is 13.2 Å². The second-order valence-electron chi connectivity index (χ2n) is 3.92. The predicted molar refractivity (Wildman–Crippen MR) is 69.7 cm³/mol. The topological polar surface area (TPSA) is 48.1 Å². The van der Waals surface area contributed by atoms with E-state index < -0.39 is 0 Å². The van der Waals surface area contributed by atoms with Crippen molar-refractivity contribution in [2.24, 2.45) is 5.73 Å². The molecule has 2 N–H and O–H groups in total. The van der Waals surface area contributed by atoms with Crippen molar-refractivity contribution in [3.8, 4) is 0 Å². The van der Waals surface area contributed by atoms with Crippen LogP contribution in [0.5, 0.6) is 0 Å². The van der Waals surface area contributed by atoms with Gasteiger partial charge in [0.2, 0.25) is 0 Å². The largest absolute Gasteiger partial charge is 0.370 e. The second-order valence-corrected chi connectivity index (χ2v) is 5.07. The Hall–Kier alpha value is -1.23. The van der Waals surface area contributed by atoms with Gasteiger partial charge < -0.3 is 10.5 Å². The summed E-state index contributed by atoms with van der Waals surface area (Å²) in [5.41, 5.74) is 6.95. The fraction of sp³-hybridized carbons (Fsp3) is 0.308. The molecule has 0 bridgehead atoms. The quantitative estimate of drug-likeness (QED) is 0.885. The van der Waals surface area contributed by atoms with Crippen LogP contribution in [0.15, 0.2) is 36.5 Å². The fourth-order valence-corrected chi connectivity index (χ4v) is 2.24. The minimum absolute atomic E-state index is 0.0513. The first-order valence-corrected chi connectivity index (χ1v) is 6.39. The molecule has 0 fully saturated rings. The van der Waals surface area contributed by atoms with E-state index in [9.17, 15) is 0 Å². The van der Waals surface area contributed by atoms with E-state index in [4.69, 9.17) is 10.5 Å². The standard InChI is InChI=1S/C13H16N2OS/c1-10(14)12-7-15-13(17-12)9-16-8-11-5-3-2-4-6-11/h2-7,10H,8-9,14H2,1H3. The van der Waals surface area contributed by atoms with Crippen molar-refractivity contribution in [3.63, 3.8) is 0 Å². The summed E-state index contributed by atoms with van der Waals surface area (Å²) >= 11 is 1.62. The molecular weight excluding hydrogens is 232 g/mol. The highest BCUT2D eigenvalue weighted by Gasteiger charge is 2.05. The number of hydrogen-bond donors (Lipinski definition) is 1. The molecule has 0 spiro atoms. The van der Waals surface area contributed by atoms with Crippen LogP contribution in [0.1, 0.15) is 28.4 Å². The molecule has 1 unspecified atom stereocenters. The van der Waals surface area contributed by atoms with Crippen LogP contribution >= 0.6 is 11.3 Å². The number of hydrogen-bond acceptors (Lipinski definition) is 4. The first kappa shape index (κ1) is 12.2. The lowest BCUT2D eigenvalue weighted by Gasteiger charge is -2.01. The van der Waals surface area contributed by atoms with Gasteiger partial charge in [-0.05, 0) is 12.5 Å². The SMILES string of the molecule is CC(N)c1cnc(COCc2ccccc2)s1. The molecule has 0 aliphatic carbocycles. The lowest BCUT2D eigenvalue weighted by atomic mass is 10.2. The number of thiazole rings is 1. The van der Waals surface area contributed by atoms with Crippen LogP contribution in [0.4, 0.5) is 0 Å². The Labute approximate surface area is 105 Å². The number of benzene rings is 1. The third-order valence-corrected chi connectivity index (χ3v) is 3.53. The number of nitrogens with zero attached hydrogens (tertiary/aromatic N) is 1. The molecule has 0 amide bonds. The first-order chi connectivity index (χ1) is 8.25. The summed E-state index contributed by atoms with van der Waals surface area (Å²) in [6.45, 7) is 3.13. The summed E-state index contributed by atoms with van der Waals surface area (Å²) in [6.07, 6.45) is 1.83. The lowest BCUT2D eigenvalue weighted by molar-refractivity contribution is 0.107. The van der Waals surface area contributed by atoms with Crippen molar-refractivity contribution < 1.29 is 4.74 Å². The van der Waals surface area contributed by atoms with Crippen molar-refractivity contribution in [2.45, 2.75) is 26.2 Å². The highest BCUT2D eigenvalue weighted by Crippen LogP contribution is 2.19. The van der Waals surface area contributed by atoms with Crippen molar-refractivity contribution in [1.29, 1.82) is 0 Å². The highest BCUT2D eigenvalue weighted by atomic mass is 32.1. The van der Waals surface area contributed by atoms with Gasteiger partial charge >= 0.3 is 0 Å². The van der Waals surface area contributed by atoms with Gasteiger partial charge in [-0.15, -0.1) is 11.3 Å². The molecule has 1 atom stereocenters. The van der Waals surface area contributed by atoms with E-state index in [1.54, 1.807) is 11.3 Å². The van der Waals surface area contributed by atoms with Crippen molar-refractivity contribution in [1.82, 2.24) is 4.98 Å². The van der Waals surface area contributed by atoms with Crippen molar-refractivity contribution >= 4 is 11.3 Å². The normalized spacial score (nSPS) is 12.6. The Morgan fingerprint density at radius 2 is 2.06 bits per heavy atom. The average molecular weight is 248 g/mol. The van der Waals surface area contributed by atoms with Gasteiger partial charge in [-0.3, -0.25) is 0 Å². The van der Waals surface area contributed by atoms with Crippen LogP contribution in [0, 0.1) is 0 Å². The van der Waals surface area contributed by atoms with Crippen LogP contribution in [-0.4, -0.2) is 4.98 Å². The van der Waals surface area contributed by atoms with Crippen molar-refractivity contribution in [3.05, 3.63) is 52.0 Å². The van der Waals surface area contributed by atoms with E-state index in [-0.39, 0.29) is 6.04 Å². The van der Waals surface area contributed by atoms with Crippen LogP contribution < -0.4 is 5.73 Å². The number of aromatic nitrogens is 1. The molecule has 0 aliphatic rings. The maximum absolute atomic E-state index is 5.78. The fourth-order valence-electron chi connectivity index (χ4n) is 1.43. The van der Waals surface area contributed by atoms with E-state index >= 15 is 0 Å². The molecule has 1 aromatic heterocycles. The predicted octanol–water partition coefficient (Wildman–Crippen LogP) is 2.88. The Morgan fingerprint density at radius 1 is 1.29 bits per heavy atom. The molecule has 17 heavy (non-hydrogen) atoms. The smallest absolute Gasteiger partial charge is 0.119 e. The van der Waals surface area contributed by atoms with Crippen LogP contribution in [0.25, 0.3) is 0 Å². The van der Waals surface area contributed by atoms with E-state index in [0.717, 1.165) is 9.88 Å². The summed E-state index contributed by atoms with van der Waals surface area (Å²) in [5.74, 6) is 0. The highest BCUT2D eigenvalue weighted by molar-refractivity contribution is 7.11. The Bertz CT molecular complexity index is 453. The molecule has 0 saturated carbocycles. The molecule has 90 valence electrons. The Kier molecular flexibility index (Phi) is 4.25. The third-order valence-electron chi connectivity index (χ3n) is 2.36. The summed E-state index contributed by atoms with van der Waals surface area (Å²) < 4.78 is 5.61. The van der Waals surface area contributed by atoms with Gasteiger partial charge in [-0.1, -0.05) is 30.3 Å². The summed E-state index contributed by atoms with van der Waals surface area (Å²) in [6, 6.07) is 10.2. The van der Waals surface area contributed by atoms with Gasteiger partial charge in [0.05, 0.1) is 13.2 Å². The molecular formula is C13H16N2OS. The van der Waals surface area contributed by atoms with E-state index in [2.05, 4.69) is 17.1 Å². The zero-order valence-electron chi connectivity index (χ0n) is 9.80. The monoisotopic (exact) mass is 248 g/mol. The third kappa shape index (κ3) is 3.63. The molecule has 3 nitrogen and oxygen atoms in total. The molecule has 1 aromatic carbocycles. The van der Waals surface area contributed by atoms with Gasteiger partial charge in [-0.2, -0.15) is 0 Å². The van der Waals surface area contributed by atoms with Crippen LogP contribution in [0.2, 0.25) is 0 Å². The minimum atomic E-state index is 0.0513. The van der Waals surface area contributed by atoms with Gasteiger partial charge in [0.25, 0.3) is 0 Å². The molecule has 4 heteroatoms.